The van der Waals surface area contributed by atoms with E-state index in [1.54, 1.807) is 0 Å². The molecule has 0 amide bonds. The first kappa shape index (κ1) is 33.9. The molecular weight excluding hydrogens is 481 g/mol. The van der Waals surface area contributed by atoms with Gasteiger partial charge in [0, 0.05) is 0 Å². The molecule has 0 aliphatic heterocycles. The van der Waals surface area contributed by atoms with Gasteiger partial charge >= 0.3 is 0 Å². The minimum atomic E-state index is -0.950. The smallest absolute Gasteiger partial charge is 0.0814 e. The molecule has 0 heterocycles. The number of hydrogen-bond acceptors (Lipinski definition) is 0. The zero-order valence-electron chi connectivity index (χ0n) is 26.8. The molecule has 0 aliphatic carbocycles. The van der Waals surface area contributed by atoms with Gasteiger partial charge in [-0.25, -0.2) is 0 Å². The average Bonchev–Trinajstić information content (AvgIpc) is 3.03. The lowest BCUT2D eigenvalue weighted by molar-refractivity contribution is -0.921. The van der Waals surface area contributed by atoms with Crippen molar-refractivity contribution in [3.8, 4) is 0 Å². The Balaban J connectivity index is 0.000000536. The highest BCUT2D eigenvalue weighted by atomic mass is 15.3. The fourth-order valence-corrected chi connectivity index (χ4v) is 6.70. The molecule has 0 unspecified atom stereocenters. The summed E-state index contributed by atoms with van der Waals surface area (Å²) in [5, 5.41) is 0. The molecule has 0 bridgehead atoms. The third-order valence-electron chi connectivity index (χ3n) is 9.78. The second-order valence-corrected chi connectivity index (χ2v) is 11.9. The summed E-state index contributed by atoms with van der Waals surface area (Å²) in [6.45, 7) is 16.5. The molecule has 2 heteroatoms. The fraction of sp³-hybridized carbons (Fsp3) is 0.526. The molecule has 220 valence electrons. The number of benzene rings is 3. The van der Waals surface area contributed by atoms with Crippen LogP contribution in [0.5, 0.6) is 0 Å². The molecular formula is C38H60BN. The van der Waals surface area contributed by atoms with Crippen LogP contribution < -0.4 is 16.4 Å². The van der Waals surface area contributed by atoms with E-state index in [9.17, 15) is 0 Å². The minimum absolute atomic E-state index is 0.950. The summed E-state index contributed by atoms with van der Waals surface area (Å²) < 4.78 is 1.28. The predicted octanol–water partition coefficient (Wildman–Crippen LogP) is 8.96. The fourth-order valence-electron chi connectivity index (χ4n) is 6.70. The molecule has 40 heavy (non-hydrogen) atoms. The molecule has 3 rings (SSSR count). The molecule has 0 saturated heterocycles. The van der Waals surface area contributed by atoms with Crippen molar-refractivity contribution in [1.82, 2.24) is 0 Å². The number of rotatable bonds is 18. The molecule has 0 radical (unpaired) electrons. The van der Waals surface area contributed by atoms with Crippen molar-refractivity contribution in [2.45, 2.75) is 105 Å². The number of nitrogens with zero attached hydrogens (tertiary/aromatic N) is 1. The van der Waals surface area contributed by atoms with Crippen molar-refractivity contribution in [1.29, 1.82) is 0 Å². The zero-order valence-corrected chi connectivity index (χ0v) is 26.8. The maximum atomic E-state index is 2.34. The first-order valence-electron chi connectivity index (χ1n) is 16.8. The van der Waals surface area contributed by atoms with Crippen LogP contribution in [0.1, 0.15) is 98.8 Å². The van der Waals surface area contributed by atoms with E-state index in [1.807, 2.05) is 0 Å². The van der Waals surface area contributed by atoms with Crippen LogP contribution in [0, 0.1) is 0 Å². The van der Waals surface area contributed by atoms with Gasteiger partial charge in [-0.1, -0.05) is 162 Å². The van der Waals surface area contributed by atoms with Crippen molar-refractivity contribution < 1.29 is 4.48 Å². The van der Waals surface area contributed by atoms with Crippen LogP contribution in [0.4, 0.5) is 0 Å². The van der Waals surface area contributed by atoms with E-state index in [4.69, 9.17) is 0 Å². The summed E-state index contributed by atoms with van der Waals surface area (Å²) in [7, 11) is 0. The lowest BCUT2D eigenvalue weighted by Crippen LogP contribution is -2.66. The molecule has 0 fully saturated rings. The molecule has 0 atom stereocenters. The van der Waals surface area contributed by atoms with E-state index in [1.165, 1.54) is 118 Å². The largest absolute Gasteiger partial charge is 0.325 e. The van der Waals surface area contributed by atoms with E-state index < -0.39 is 6.15 Å². The summed E-state index contributed by atoms with van der Waals surface area (Å²) in [6, 6.07) is 33.7. The Morgan fingerprint density at radius 3 is 0.975 bits per heavy atom. The first-order valence-corrected chi connectivity index (χ1v) is 16.8. The summed E-state index contributed by atoms with van der Waals surface area (Å²) >= 11 is 0. The molecule has 0 aliphatic rings. The van der Waals surface area contributed by atoms with Gasteiger partial charge in [0.25, 0.3) is 0 Å². The quantitative estimate of drug-likeness (QED) is 0.0857. The van der Waals surface area contributed by atoms with Crippen LogP contribution in [-0.2, 0) is 0 Å². The minimum Gasteiger partial charge on any atom is -0.325 e. The lowest BCUT2D eigenvalue weighted by atomic mass is 9.14. The summed E-state index contributed by atoms with van der Waals surface area (Å²) in [4.78, 5) is 0. The molecule has 0 aromatic heterocycles. The molecule has 0 saturated carbocycles. The van der Waals surface area contributed by atoms with Gasteiger partial charge in [0.05, 0.1) is 32.3 Å². The van der Waals surface area contributed by atoms with Crippen LogP contribution in [0.25, 0.3) is 0 Å². The van der Waals surface area contributed by atoms with E-state index in [2.05, 4.69) is 126 Å². The van der Waals surface area contributed by atoms with Crippen molar-refractivity contribution in [2.75, 3.05) is 26.2 Å². The van der Waals surface area contributed by atoms with Crippen molar-refractivity contribution in [3.05, 3.63) is 91.0 Å². The highest BCUT2D eigenvalue weighted by molar-refractivity contribution is 7.11. The summed E-state index contributed by atoms with van der Waals surface area (Å²) in [5.41, 5.74) is 4.41. The summed E-state index contributed by atoms with van der Waals surface area (Å²) in [6.07, 6.45) is 14.1. The van der Waals surface area contributed by atoms with E-state index in [0.29, 0.717) is 0 Å². The van der Waals surface area contributed by atoms with Gasteiger partial charge in [-0.2, -0.15) is 22.7 Å². The first-order chi connectivity index (χ1) is 19.6. The van der Waals surface area contributed by atoms with Gasteiger partial charge in [0.1, 0.15) is 0 Å². The topological polar surface area (TPSA) is 0 Å². The predicted molar refractivity (Wildman–Crippen MR) is 183 cm³/mol. The van der Waals surface area contributed by atoms with Gasteiger partial charge in [-0.3, -0.25) is 0 Å². The SMILES string of the molecule is CCCCCCCCCCCC[B-](c1ccccc1)(c1ccccc1)c1ccccc1.CC[N+](CC)(CC)CC. The third kappa shape index (κ3) is 10.3. The number of hydrogen-bond donors (Lipinski definition) is 0. The van der Waals surface area contributed by atoms with E-state index in [0.717, 1.165) is 0 Å². The Bertz CT molecular complexity index is 868. The normalized spacial score (nSPS) is 11.6. The molecule has 1 nitrogen and oxygen atoms in total. The second kappa shape index (κ2) is 19.7. The van der Waals surface area contributed by atoms with E-state index >= 15 is 0 Å². The Hall–Kier alpha value is -2.32. The van der Waals surface area contributed by atoms with Crippen LogP contribution in [0.15, 0.2) is 91.0 Å². The van der Waals surface area contributed by atoms with Crippen molar-refractivity contribution in [2.24, 2.45) is 0 Å². The van der Waals surface area contributed by atoms with Gasteiger partial charge < -0.3 is 4.48 Å². The zero-order chi connectivity index (χ0) is 28.9. The van der Waals surface area contributed by atoms with Crippen LogP contribution in [0.2, 0.25) is 6.32 Å². The lowest BCUT2D eigenvalue weighted by Gasteiger charge is -2.43. The monoisotopic (exact) mass is 541 g/mol. The van der Waals surface area contributed by atoms with Crippen molar-refractivity contribution in [3.63, 3.8) is 0 Å². The maximum Gasteiger partial charge on any atom is 0.0814 e. The average molecular weight is 542 g/mol. The number of unbranched alkanes of at least 4 members (excludes halogenated alkanes) is 9. The van der Waals surface area contributed by atoms with Gasteiger partial charge in [-0.05, 0) is 27.7 Å². The molecule has 0 spiro atoms. The molecule has 3 aromatic rings. The Kier molecular flexibility index (Phi) is 16.7. The summed E-state index contributed by atoms with van der Waals surface area (Å²) in [5.74, 6) is 0. The molecule has 0 N–H and O–H groups in total. The van der Waals surface area contributed by atoms with Crippen LogP contribution in [-0.4, -0.2) is 36.8 Å². The maximum absolute atomic E-state index is 2.34. The standard InChI is InChI=1S/C30H40B.C8H20N/c1-2-3-4-5-6-7-8-9-10-20-27-31(28-21-14-11-15-22-28,29-23-16-12-17-24-29)30-25-18-13-19-26-30;1-5-9(6-2,7-3)8-4/h11-19,21-26H,2-10,20,27H2,1H3;5-8H2,1-4H3/q-1;+1. The highest BCUT2D eigenvalue weighted by Gasteiger charge is 2.29. The molecule has 3 aromatic carbocycles. The van der Waals surface area contributed by atoms with Crippen LogP contribution >= 0.6 is 0 Å². The third-order valence-corrected chi connectivity index (χ3v) is 9.78. The van der Waals surface area contributed by atoms with Crippen LogP contribution in [0.3, 0.4) is 0 Å². The van der Waals surface area contributed by atoms with E-state index in [-0.39, 0.29) is 0 Å². The van der Waals surface area contributed by atoms with Crippen molar-refractivity contribution >= 4 is 22.5 Å². The second-order valence-electron chi connectivity index (χ2n) is 11.9. The Morgan fingerprint density at radius 1 is 0.400 bits per heavy atom. The van der Waals surface area contributed by atoms with Gasteiger partial charge in [0.15, 0.2) is 0 Å². The van der Waals surface area contributed by atoms with Gasteiger partial charge in [-0.15, -0.1) is 0 Å². The number of quaternary nitrogens is 1. The highest BCUT2D eigenvalue weighted by Crippen LogP contribution is 2.19. The Labute approximate surface area is 248 Å². The Morgan fingerprint density at radius 2 is 0.700 bits per heavy atom. The van der Waals surface area contributed by atoms with Gasteiger partial charge in [0.2, 0.25) is 0 Å².